The van der Waals surface area contributed by atoms with Gasteiger partial charge in [0.1, 0.15) is 16.3 Å². The van der Waals surface area contributed by atoms with Crippen molar-refractivity contribution in [1.82, 2.24) is 0 Å². The molecular formula is C24H24ClNO4S. The van der Waals surface area contributed by atoms with Crippen molar-refractivity contribution in [3.05, 3.63) is 69.1 Å². The molecule has 0 aliphatic rings. The Labute approximate surface area is 191 Å². The first-order chi connectivity index (χ1) is 14.8. The molecule has 1 aromatic heterocycles. The maximum atomic E-state index is 12.8. The summed E-state index contributed by atoms with van der Waals surface area (Å²) in [6, 6.07) is 12.9. The Kier molecular flexibility index (Phi) is 7.36. The van der Waals surface area contributed by atoms with E-state index < -0.39 is 5.97 Å². The molecule has 0 aliphatic heterocycles. The fraction of sp³-hybridized carbons (Fsp3) is 0.250. The molecule has 0 saturated heterocycles. The molecular weight excluding hydrogens is 434 g/mol. The van der Waals surface area contributed by atoms with Crippen molar-refractivity contribution in [2.45, 2.75) is 27.7 Å². The highest BCUT2D eigenvalue weighted by molar-refractivity contribution is 7.17. The molecule has 2 aromatic carbocycles. The van der Waals surface area contributed by atoms with Crippen LogP contribution < -0.4 is 10.1 Å². The summed E-state index contributed by atoms with van der Waals surface area (Å²) in [7, 11) is 0. The molecule has 0 unspecified atom stereocenters. The topological polar surface area (TPSA) is 64.6 Å². The number of aryl methyl sites for hydroxylation is 2. The number of hydrogen-bond acceptors (Lipinski definition) is 5. The number of halogens is 1. The molecule has 162 valence electrons. The molecule has 0 spiro atoms. The molecule has 3 rings (SSSR count). The molecule has 1 N–H and O–H groups in total. The molecule has 1 amide bonds. The summed E-state index contributed by atoms with van der Waals surface area (Å²) in [6.07, 6.45) is 0. The quantitative estimate of drug-likeness (QED) is 0.430. The SMILES string of the molecule is CCOC(=O)c1c(NC(=O)COc2cccc(C)c2C)sc(C)c1-c1ccc(Cl)cc1. The van der Waals surface area contributed by atoms with Gasteiger partial charge in [0.05, 0.1) is 6.61 Å². The highest BCUT2D eigenvalue weighted by Gasteiger charge is 2.25. The van der Waals surface area contributed by atoms with E-state index in [9.17, 15) is 9.59 Å². The van der Waals surface area contributed by atoms with E-state index in [2.05, 4.69) is 5.32 Å². The summed E-state index contributed by atoms with van der Waals surface area (Å²) < 4.78 is 11.0. The molecule has 3 aromatic rings. The van der Waals surface area contributed by atoms with Gasteiger partial charge in [0.2, 0.25) is 0 Å². The molecule has 31 heavy (non-hydrogen) atoms. The first-order valence-electron chi connectivity index (χ1n) is 9.87. The Hall–Kier alpha value is -2.83. The van der Waals surface area contributed by atoms with Gasteiger partial charge in [-0.3, -0.25) is 4.79 Å². The van der Waals surface area contributed by atoms with Crippen molar-refractivity contribution in [2.75, 3.05) is 18.5 Å². The smallest absolute Gasteiger partial charge is 0.341 e. The number of benzene rings is 2. The van der Waals surface area contributed by atoms with E-state index in [1.54, 1.807) is 19.1 Å². The van der Waals surface area contributed by atoms with E-state index in [-0.39, 0.29) is 19.1 Å². The molecule has 0 atom stereocenters. The molecule has 1 heterocycles. The van der Waals surface area contributed by atoms with E-state index in [1.165, 1.54) is 11.3 Å². The zero-order valence-corrected chi connectivity index (χ0v) is 19.4. The van der Waals surface area contributed by atoms with Gasteiger partial charge in [-0.05, 0) is 62.6 Å². The van der Waals surface area contributed by atoms with E-state index in [0.717, 1.165) is 27.1 Å². The first kappa shape index (κ1) is 22.8. The van der Waals surface area contributed by atoms with Gasteiger partial charge in [0, 0.05) is 15.5 Å². The number of esters is 1. The van der Waals surface area contributed by atoms with Crippen LogP contribution in [0.2, 0.25) is 5.02 Å². The Bertz CT molecular complexity index is 1110. The van der Waals surface area contributed by atoms with Crippen LogP contribution in [0.15, 0.2) is 42.5 Å². The van der Waals surface area contributed by atoms with Gasteiger partial charge in [0.25, 0.3) is 5.91 Å². The predicted molar refractivity (Wildman–Crippen MR) is 125 cm³/mol. The molecule has 0 saturated carbocycles. The van der Waals surface area contributed by atoms with Crippen molar-refractivity contribution in [3.8, 4) is 16.9 Å². The second kappa shape index (κ2) is 9.98. The van der Waals surface area contributed by atoms with Gasteiger partial charge in [-0.25, -0.2) is 4.79 Å². The van der Waals surface area contributed by atoms with Gasteiger partial charge in [-0.1, -0.05) is 35.9 Å². The largest absolute Gasteiger partial charge is 0.483 e. The third kappa shape index (κ3) is 5.27. The van der Waals surface area contributed by atoms with Crippen LogP contribution >= 0.6 is 22.9 Å². The first-order valence-corrected chi connectivity index (χ1v) is 11.1. The third-order valence-corrected chi connectivity index (χ3v) is 6.14. The van der Waals surface area contributed by atoms with Crippen LogP contribution in [0.3, 0.4) is 0 Å². The second-order valence-corrected chi connectivity index (χ2v) is 8.66. The molecule has 0 bridgehead atoms. The van der Waals surface area contributed by atoms with E-state index in [4.69, 9.17) is 21.1 Å². The summed E-state index contributed by atoms with van der Waals surface area (Å²) in [5.41, 5.74) is 3.97. The number of amides is 1. The summed E-state index contributed by atoms with van der Waals surface area (Å²) in [4.78, 5) is 26.3. The lowest BCUT2D eigenvalue weighted by atomic mass is 10.0. The van der Waals surface area contributed by atoms with Crippen LogP contribution in [0.1, 0.15) is 33.3 Å². The van der Waals surface area contributed by atoms with Crippen molar-refractivity contribution in [3.63, 3.8) is 0 Å². The maximum Gasteiger partial charge on any atom is 0.341 e. The number of rotatable bonds is 7. The normalized spacial score (nSPS) is 10.6. The number of ether oxygens (including phenoxy) is 2. The van der Waals surface area contributed by atoms with E-state index >= 15 is 0 Å². The molecule has 7 heteroatoms. The summed E-state index contributed by atoms with van der Waals surface area (Å²) >= 11 is 7.34. The zero-order valence-electron chi connectivity index (χ0n) is 17.9. The Balaban J connectivity index is 1.87. The predicted octanol–water partition coefficient (Wildman–Crippen LogP) is 6.19. The zero-order chi connectivity index (χ0) is 22.5. The average Bonchev–Trinajstić information content (AvgIpc) is 3.05. The lowest BCUT2D eigenvalue weighted by Gasteiger charge is -2.12. The lowest BCUT2D eigenvalue weighted by molar-refractivity contribution is -0.118. The Morgan fingerprint density at radius 1 is 1.06 bits per heavy atom. The third-order valence-electron chi connectivity index (χ3n) is 4.86. The monoisotopic (exact) mass is 457 g/mol. The molecule has 0 radical (unpaired) electrons. The van der Waals surface area contributed by atoms with E-state index in [1.807, 2.05) is 51.1 Å². The lowest BCUT2D eigenvalue weighted by Crippen LogP contribution is -2.21. The fourth-order valence-corrected chi connectivity index (χ4v) is 4.39. The molecule has 0 aliphatic carbocycles. The fourth-order valence-electron chi connectivity index (χ4n) is 3.18. The van der Waals surface area contributed by atoms with Crippen molar-refractivity contribution in [1.29, 1.82) is 0 Å². The summed E-state index contributed by atoms with van der Waals surface area (Å²) in [5.74, 6) is -0.178. The van der Waals surface area contributed by atoms with Crippen LogP contribution in [-0.4, -0.2) is 25.1 Å². The summed E-state index contributed by atoms with van der Waals surface area (Å²) in [5, 5.41) is 3.87. The van der Waals surface area contributed by atoms with Crippen molar-refractivity contribution >= 4 is 39.8 Å². The Morgan fingerprint density at radius 2 is 1.77 bits per heavy atom. The Morgan fingerprint density at radius 3 is 2.45 bits per heavy atom. The van der Waals surface area contributed by atoms with Crippen molar-refractivity contribution < 1.29 is 19.1 Å². The van der Waals surface area contributed by atoms with Crippen molar-refractivity contribution in [2.24, 2.45) is 0 Å². The molecule has 5 nitrogen and oxygen atoms in total. The minimum absolute atomic E-state index is 0.167. The number of carbonyl (C=O) groups excluding carboxylic acids is 2. The van der Waals surface area contributed by atoms with Crippen LogP contribution in [0.5, 0.6) is 5.75 Å². The maximum absolute atomic E-state index is 12.8. The number of hydrogen-bond donors (Lipinski definition) is 1. The minimum Gasteiger partial charge on any atom is -0.483 e. The van der Waals surface area contributed by atoms with Gasteiger partial charge < -0.3 is 14.8 Å². The van der Waals surface area contributed by atoms with E-state index in [0.29, 0.717) is 21.3 Å². The number of anilines is 1. The number of thiophene rings is 1. The number of carbonyl (C=O) groups is 2. The van der Waals surface area contributed by atoms with Crippen LogP contribution in [0, 0.1) is 20.8 Å². The minimum atomic E-state index is -0.484. The average molecular weight is 458 g/mol. The van der Waals surface area contributed by atoms with Gasteiger partial charge in [-0.2, -0.15) is 0 Å². The summed E-state index contributed by atoms with van der Waals surface area (Å²) in [6.45, 7) is 7.65. The van der Waals surface area contributed by atoms with Gasteiger partial charge >= 0.3 is 5.97 Å². The van der Waals surface area contributed by atoms with Gasteiger partial charge in [0.15, 0.2) is 6.61 Å². The highest BCUT2D eigenvalue weighted by Crippen LogP contribution is 2.40. The standard InChI is InChI=1S/C24H24ClNO4S/c1-5-29-24(28)22-21(17-9-11-18(25)12-10-17)16(4)31-23(22)26-20(27)13-30-19-8-6-7-14(2)15(19)3/h6-12H,5,13H2,1-4H3,(H,26,27). The number of nitrogens with one attached hydrogen (secondary N) is 1. The van der Waals surface area contributed by atoms with Crippen LogP contribution in [0.25, 0.3) is 11.1 Å². The second-order valence-electron chi connectivity index (χ2n) is 7.00. The highest BCUT2D eigenvalue weighted by atomic mass is 35.5. The van der Waals surface area contributed by atoms with Gasteiger partial charge in [-0.15, -0.1) is 11.3 Å². The van der Waals surface area contributed by atoms with Crippen LogP contribution in [-0.2, 0) is 9.53 Å². The molecule has 0 fully saturated rings. The van der Waals surface area contributed by atoms with Crippen LogP contribution in [0.4, 0.5) is 5.00 Å².